The molecule has 0 spiro atoms. The molecule has 6 heteroatoms. The summed E-state index contributed by atoms with van der Waals surface area (Å²) in [6.45, 7) is 1.99. The Kier molecular flexibility index (Phi) is 4.77. The number of aromatic hydroxyl groups is 1. The Morgan fingerprint density at radius 2 is 1.90 bits per heavy atom. The molecule has 0 aromatic heterocycles. The number of nitriles is 1. The third-order valence-corrected chi connectivity index (χ3v) is 3.46. The number of hydrogen-bond donors (Lipinski definition) is 1. The number of nitrogens with zero attached hydrogens (tertiary/aromatic N) is 3. The van der Waals surface area contributed by atoms with Gasteiger partial charge in [-0.25, -0.2) is 0 Å². The Balaban J connectivity index is 2.01. The fourth-order valence-corrected chi connectivity index (χ4v) is 2.37. The molecular formula is C15H17N3O3. The van der Waals surface area contributed by atoms with Crippen LogP contribution in [0, 0.1) is 11.3 Å². The van der Waals surface area contributed by atoms with E-state index >= 15 is 0 Å². The number of benzene rings is 1. The summed E-state index contributed by atoms with van der Waals surface area (Å²) in [5, 5.41) is 18.0. The van der Waals surface area contributed by atoms with E-state index < -0.39 is 0 Å². The van der Waals surface area contributed by atoms with Crippen LogP contribution in [0.2, 0.25) is 0 Å². The van der Waals surface area contributed by atoms with Crippen molar-refractivity contribution < 1.29 is 14.7 Å². The molecule has 0 unspecified atom stereocenters. The summed E-state index contributed by atoms with van der Waals surface area (Å²) in [6, 6.07) is 8.09. The molecule has 6 nitrogen and oxygen atoms in total. The van der Waals surface area contributed by atoms with Crippen molar-refractivity contribution in [1.82, 2.24) is 9.80 Å². The molecule has 1 fully saturated rings. The summed E-state index contributed by atoms with van der Waals surface area (Å²) < 4.78 is 0. The van der Waals surface area contributed by atoms with Gasteiger partial charge in [-0.1, -0.05) is 6.07 Å². The number of carbonyl (C=O) groups excluding carboxylic acids is 2. The Morgan fingerprint density at radius 3 is 2.62 bits per heavy atom. The van der Waals surface area contributed by atoms with Crippen LogP contribution in [0.1, 0.15) is 23.2 Å². The van der Waals surface area contributed by atoms with E-state index in [2.05, 4.69) is 0 Å². The third kappa shape index (κ3) is 3.72. The molecule has 1 aromatic rings. The van der Waals surface area contributed by atoms with E-state index in [-0.39, 0.29) is 24.0 Å². The first kappa shape index (κ1) is 14.9. The fourth-order valence-electron chi connectivity index (χ4n) is 2.37. The average molecular weight is 287 g/mol. The minimum Gasteiger partial charge on any atom is -0.508 e. The second-order valence-corrected chi connectivity index (χ2v) is 4.91. The van der Waals surface area contributed by atoms with Crippen LogP contribution in [0.3, 0.4) is 0 Å². The lowest BCUT2D eigenvalue weighted by atomic mass is 10.2. The number of amides is 2. The summed E-state index contributed by atoms with van der Waals surface area (Å²) >= 11 is 0. The monoisotopic (exact) mass is 287 g/mol. The number of rotatable bonds is 2. The topological polar surface area (TPSA) is 84.6 Å². The van der Waals surface area contributed by atoms with Crippen LogP contribution in [0.4, 0.5) is 0 Å². The standard InChI is InChI=1S/C15H17N3O3/c16-6-5-14(20)17-7-2-8-18(10-9-17)15(21)12-3-1-4-13(19)11-12/h1,3-4,11,19H,2,5,7-10H2. The maximum absolute atomic E-state index is 12.4. The zero-order valence-corrected chi connectivity index (χ0v) is 11.7. The molecule has 0 aliphatic carbocycles. The molecule has 2 rings (SSSR count). The molecule has 110 valence electrons. The van der Waals surface area contributed by atoms with Gasteiger partial charge in [-0.3, -0.25) is 9.59 Å². The normalized spacial score (nSPS) is 15.2. The van der Waals surface area contributed by atoms with E-state index in [9.17, 15) is 14.7 Å². The number of carbonyl (C=O) groups is 2. The van der Waals surface area contributed by atoms with Crippen LogP contribution in [0.15, 0.2) is 24.3 Å². The van der Waals surface area contributed by atoms with Crippen LogP contribution < -0.4 is 0 Å². The maximum Gasteiger partial charge on any atom is 0.254 e. The van der Waals surface area contributed by atoms with E-state index in [0.717, 1.165) is 0 Å². The summed E-state index contributed by atoms with van der Waals surface area (Å²) in [7, 11) is 0. The van der Waals surface area contributed by atoms with E-state index in [4.69, 9.17) is 5.26 Å². The molecule has 0 bridgehead atoms. The van der Waals surface area contributed by atoms with E-state index in [0.29, 0.717) is 38.2 Å². The number of phenolic OH excluding ortho intramolecular Hbond substituents is 1. The average Bonchev–Trinajstić information content (AvgIpc) is 2.72. The van der Waals surface area contributed by atoms with Crippen molar-refractivity contribution in [2.75, 3.05) is 26.2 Å². The molecule has 0 radical (unpaired) electrons. The molecular weight excluding hydrogens is 270 g/mol. The molecule has 1 aliphatic rings. The summed E-state index contributed by atoms with van der Waals surface area (Å²) in [4.78, 5) is 27.4. The molecule has 1 aromatic carbocycles. The quantitative estimate of drug-likeness (QED) is 0.878. The van der Waals surface area contributed by atoms with Crippen molar-refractivity contribution in [2.24, 2.45) is 0 Å². The lowest BCUT2D eigenvalue weighted by Gasteiger charge is -2.21. The Labute approximate surface area is 123 Å². The first-order chi connectivity index (χ1) is 10.1. The van der Waals surface area contributed by atoms with Gasteiger partial charge in [0.2, 0.25) is 5.91 Å². The van der Waals surface area contributed by atoms with Crippen LogP contribution in [-0.2, 0) is 4.79 Å². The van der Waals surface area contributed by atoms with Crippen molar-refractivity contribution in [2.45, 2.75) is 12.8 Å². The number of hydrogen-bond acceptors (Lipinski definition) is 4. The van der Waals surface area contributed by atoms with Gasteiger partial charge in [-0.05, 0) is 24.6 Å². The van der Waals surface area contributed by atoms with E-state index in [1.165, 1.54) is 12.1 Å². The van der Waals surface area contributed by atoms with Crippen LogP contribution >= 0.6 is 0 Å². The second kappa shape index (κ2) is 6.75. The van der Waals surface area contributed by atoms with Crippen molar-refractivity contribution >= 4 is 11.8 Å². The van der Waals surface area contributed by atoms with Crippen molar-refractivity contribution in [3.05, 3.63) is 29.8 Å². The molecule has 1 saturated heterocycles. The molecule has 1 heterocycles. The minimum absolute atomic E-state index is 0.0569. The van der Waals surface area contributed by atoms with Gasteiger partial charge in [0.1, 0.15) is 12.2 Å². The Hall–Kier alpha value is -2.55. The lowest BCUT2D eigenvalue weighted by Crippen LogP contribution is -2.37. The Morgan fingerprint density at radius 1 is 1.19 bits per heavy atom. The molecule has 2 amide bonds. The van der Waals surface area contributed by atoms with Gasteiger partial charge in [0.15, 0.2) is 0 Å². The van der Waals surface area contributed by atoms with E-state index in [1.54, 1.807) is 21.9 Å². The lowest BCUT2D eigenvalue weighted by molar-refractivity contribution is -0.130. The van der Waals surface area contributed by atoms with Gasteiger partial charge in [0, 0.05) is 31.7 Å². The smallest absolute Gasteiger partial charge is 0.254 e. The predicted octanol–water partition coefficient (Wildman–Crippen LogP) is 0.980. The van der Waals surface area contributed by atoms with Gasteiger partial charge < -0.3 is 14.9 Å². The fraction of sp³-hybridized carbons (Fsp3) is 0.400. The van der Waals surface area contributed by atoms with Gasteiger partial charge in [0.25, 0.3) is 5.91 Å². The van der Waals surface area contributed by atoms with Crippen molar-refractivity contribution in [3.8, 4) is 11.8 Å². The molecule has 21 heavy (non-hydrogen) atoms. The zero-order chi connectivity index (χ0) is 15.2. The van der Waals surface area contributed by atoms with Crippen LogP contribution in [0.5, 0.6) is 5.75 Å². The highest BCUT2D eigenvalue weighted by molar-refractivity contribution is 5.94. The molecule has 1 N–H and O–H groups in total. The largest absolute Gasteiger partial charge is 0.508 e. The van der Waals surface area contributed by atoms with Gasteiger partial charge in [0.05, 0.1) is 6.07 Å². The first-order valence-corrected chi connectivity index (χ1v) is 6.85. The highest BCUT2D eigenvalue weighted by Gasteiger charge is 2.22. The summed E-state index contributed by atoms with van der Waals surface area (Å²) in [5.74, 6) is -0.286. The SMILES string of the molecule is N#CCC(=O)N1CCCN(C(=O)c2cccc(O)c2)CC1. The zero-order valence-electron chi connectivity index (χ0n) is 11.7. The Bertz CT molecular complexity index is 580. The van der Waals surface area contributed by atoms with Gasteiger partial charge >= 0.3 is 0 Å². The molecule has 0 saturated carbocycles. The van der Waals surface area contributed by atoms with Crippen molar-refractivity contribution in [3.63, 3.8) is 0 Å². The van der Waals surface area contributed by atoms with Crippen LogP contribution in [-0.4, -0.2) is 52.9 Å². The van der Waals surface area contributed by atoms with Crippen molar-refractivity contribution in [1.29, 1.82) is 5.26 Å². The van der Waals surface area contributed by atoms with Crippen LogP contribution in [0.25, 0.3) is 0 Å². The number of phenols is 1. The van der Waals surface area contributed by atoms with Gasteiger partial charge in [-0.2, -0.15) is 5.26 Å². The van der Waals surface area contributed by atoms with Gasteiger partial charge in [-0.15, -0.1) is 0 Å². The molecule has 0 atom stereocenters. The van der Waals surface area contributed by atoms with E-state index in [1.807, 2.05) is 6.07 Å². The minimum atomic E-state index is -0.191. The maximum atomic E-state index is 12.4. The highest BCUT2D eigenvalue weighted by Crippen LogP contribution is 2.14. The third-order valence-electron chi connectivity index (χ3n) is 3.46. The summed E-state index contributed by atoms with van der Waals surface area (Å²) in [5.41, 5.74) is 0.437. The highest BCUT2D eigenvalue weighted by atomic mass is 16.3. The summed E-state index contributed by atoms with van der Waals surface area (Å²) in [6.07, 6.45) is 0.558. The molecule has 1 aliphatic heterocycles. The predicted molar refractivity (Wildman–Crippen MR) is 75.4 cm³/mol. The first-order valence-electron chi connectivity index (χ1n) is 6.85. The second-order valence-electron chi connectivity index (χ2n) is 4.91.